The number of hydrogen-bond acceptors (Lipinski definition) is 3. The van der Waals surface area contributed by atoms with E-state index in [4.69, 9.17) is 32.7 Å². The fourth-order valence-corrected chi connectivity index (χ4v) is 3.42. The maximum absolute atomic E-state index is 13.0. The van der Waals surface area contributed by atoms with E-state index in [-0.39, 0.29) is 18.2 Å². The molecule has 3 aromatic carbocycles. The Labute approximate surface area is 198 Å². The molecule has 0 fully saturated rings. The normalized spacial score (nSPS) is 10.5. The highest BCUT2D eigenvalue weighted by molar-refractivity contribution is 6.35. The molecule has 0 aliphatic rings. The fraction of sp³-hybridized carbons (Fsp3) is 0.250. The summed E-state index contributed by atoms with van der Waals surface area (Å²) in [4.78, 5) is 0. The van der Waals surface area contributed by atoms with Crippen molar-refractivity contribution in [1.29, 1.82) is 0 Å². The van der Waals surface area contributed by atoms with Crippen LogP contribution in [0.3, 0.4) is 0 Å². The topological polar surface area (TPSA) is 30.5 Å². The molecule has 3 aromatic rings. The lowest BCUT2D eigenvalue weighted by molar-refractivity contribution is 0.269. The van der Waals surface area contributed by atoms with Gasteiger partial charge in [-0.05, 0) is 67.4 Å². The van der Waals surface area contributed by atoms with Crippen LogP contribution in [0.4, 0.5) is 4.39 Å². The minimum Gasteiger partial charge on any atom is -0.490 e. The van der Waals surface area contributed by atoms with E-state index in [2.05, 4.69) is 5.32 Å². The average molecular weight is 485 g/mol. The van der Waals surface area contributed by atoms with E-state index in [0.717, 1.165) is 29.7 Å². The molecule has 0 aliphatic carbocycles. The van der Waals surface area contributed by atoms with Crippen molar-refractivity contribution in [3.63, 3.8) is 0 Å². The third-order valence-corrected chi connectivity index (χ3v) is 5.13. The van der Waals surface area contributed by atoms with E-state index in [1.165, 1.54) is 12.1 Å². The highest BCUT2D eigenvalue weighted by atomic mass is 35.5. The number of benzene rings is 3. The van der Waals surface area contributed by atoms with Crippen LogP contribution in [0, 0.1) is 5.82 Å². The summed E-state index contributed by atoms with van der Waals surface area (Å²) in [6.45, 7) is 4.30. The third-order valence-electron chi connectivity index (χ3n) is 4.54. The molecule has 0 saturated heterocycles. The monoisotopic (exact) mass is 483 g/mol. The SMILES string of the molecule is CCOc1cc(CNCCc2ccc(F)cc2)ccc1OCc1ccc(Cl)cc1Cl.Cl. The molecule has 0 heterocycles. The van der Waals surface area contributed by atoms with Gasteiger partial charge in [-0.15, -0.1) is 12.4 Å². The number of hydrogen-bond donors (Lipinski definition) is 1. The van der Waals surface area contributed by atoms with Crippen LogP contribution in [-0.2, 0) is 19.6 Å². The quantitative estimate of drug-likeness (QED) is 0.319. The lowest BCUT2D eigenvalue weighted by Gasteiger charge is -2.14. The summed E-state index contributed by atoms with van der Waals surface area (Å²) >= 11 is 12.2. The molecule has 0 radical (unpaired) electrons. The van der Waals surface area contributed by atoms with Crippen molar-refractivity contribution in [3.05, 3.63) is 93.2 Å². The summed E-state index contributed by atoms with van der Waals surface area (Å²) in [7, 11) is 0. The van der Waals surface area contributed by atoms with Crippen LogP contribution in [-0.4, -0.2) is 13.2 Å². The van der Waals surface area contributed by atoms with E-state index in [1.807, 2.05) is 43.3 Å². The summed E-state index contributed by atoms with van der Waals surface area (Å²) in [5.41, 5.74) is 3.05. The standard InChI is InChI=1S/C24H24Cl2FNO2.ClH/c1-2-29-24-13-18(15-28-12-11-17-3-8-21(27)9-4-17)5-10-23(24)30-16-19-6-7-20(25)14-22(19)26;/h3-10,13-14,28H,2,11-12,15-16H2,1H3;1H. The molecule has 166 valence electrons. The molecule has 0 bridgehead atoms. The maximum atomic E-state index is 13.0. The Morgan fingerprint density at radius 2 is 1.61 bits per heavy atom. The Kier molecular flexibility index (Phi) is 10.4. The van der Waals surface area contributed by atoms with E-state index < -0.39 is 0 Å². The minimum atomic E-state index is -0.212. The molecule has 3 nitrogen and oxygen atoms in total. The van der Waals surface area contributed by atoms with Crippen molar-refractivity contribution in [2.24, 2.45) is 0 Å². The molecule has 0 saturated carbocycles. The summed E-state index contributed by atoms with van der Waals surface area (Å²) in [5, 5.41) is 4.57. The van der Waals surface area contributed by atoms with E-state index in [1.54, 1.807) is 12.1 Å². The first kappa shape index (κ1) is 25.3. The van der Waals surface area contributed by atoms with Gasteiger partial charge in [0.1, 0.15) is 12.4 Å². The molecule has 0 atom stereocenters. The number of nitrogens with one attached hydrogen (secondary N) is 1. The lowest BCUT2D eigenvalue weighted by Crippen LogP contribution is -2.16. The van der Waals surface area contributed by atoms with E-state index in [9.17, 15) is 4.39 Å². The second kappa shape index (κ2) is 12.8. The predicted octanol–water partition coefficient (Wildman–Crippen LogP) is 6.86. The van der Waals surface area contributed by atoms with Crippen LogP contribution in [0.5, 0.6) is 11.5 Å². The molecule has 0 unspecified atom stereocenters. The summed E-state index contributed by atoms with van der Waals surface area (Å²) in [6, 6.07) is 17.8. The predicted molar refractivity (Wildman–Crippen MR) is 127 cm³/mol. The molecule has 0 aliphatic heterocycles. The number of rotatable bonds is 10. The van der Waals surface area contributed by atoms with Gasteiger partial charge in [-0.2, -0.15) is 0 Å². The van der Waals surface area contributed by atoms with Gasteiger partial charge in [-0.25, -0.2) is 4.39 Å². The fourth-order valence-electron chi connectivity index (χ4n) is 2.96. The van der Waals surface area contributed by atoms with Gasteiger partial charge >= 0.3 is 0 Å². The van der Waals surface area contributed by atoms with Crippen molar-refractivity contribution in [3.8, 4) is 11.5 Å². The zero-order chi connectivity index (χ0) is 21.3. The molecule has 31 heavy (non-hydrogen) atoms. The first-order valence-corrected chi connectivity index (χ1v) is 10.6. The average Bonchev–Trinajstić information content (AvgIpc) is 2.73. The van der Waals surface area contributed by atoms with E-state index >= 15 is 0 Å². The van der Waals surface area contributed by atoms with Crippen molar-refractivity contribution in [1.82, 2.24) is 5.32 Å². The molecule has 0 spiro atoms. The van der Waals surface area contributed by atoms with Gasteiger partial charge in [-0.3, -0.25) is 0 Å². The molecular formula is C24H25Cl3FNO2. The van der Waals surface area contributed by atoms with Crippen LogP contribution < -0.4 is 14.8 Å². The molecule has 0 amide bonds. The van der Waals surface area contributed by atoms with Crippen molar-refractivity contribution in [2.45, 2.75) is 26.5 Å². The lowest BCUT2D eigenvalue weighted by atomic mass is 10.1. The van der Waals surface area contributed by atoms with Crippen LogP contribution in [0.1, 0.15) is 23.6 Å². The summed E-state index contributed by atoms with van der Waals surface area (Å²) < 4.78 is 24.7. The summed E-state index contributed by atoms with van der Waals surface area (Å²) in [6.07, 6.45) is 0.835. The Balaban J connectivity index is 0.00000341. The largest absolute Gasteiger partial charge is 0.490 e. The van der Waals surface area contributed by atoms with Gasteiger partial charge < -0.3 is 14.8 Å². The first-order chi connectivity index (χ1) is 14.5. The van der Waals surface area contributed by atoms with Crippen LogP contribution >= 0.6 is 35.6 Å². The highest BCUT2D eigenvalue weighted by Crippen LogP contribution is 2.30. The molecule has 3 rings (SSSR count). The zero-order valence-corrected chi connectivity index (χ0v) is 19.5. The number of halogens is 4. The Bertz CT molecular complexity index is 968. The Morgan fingerprint density at radius 1 is 0.871 bits per heavy atom. The van der Waals surface area contributed by atoms with Crippen molar-refractivity contribution >= 4 is 35.6 Å². The van der Waals surface area contributed by atoms with Crippen LogP contribution in [0.15, 0.2) is 60.7 Å². The zero-order valence-electron chi connectivity index (χ0n) is 17.2. The molecule has 7 heteroatoms. The van der Waals surface area contributed by atoms with Gasteiger partial charge in [0, 0.05) is 22.2 Å². The van der Waals surface area contributed by atoms with Crippen molar-refractivity contribution in [2.75, 3.05) is 13.2 Å². The summed E-state index contributed by atoms with van der Waals surface area (Å²) in [5.74, 6) is 1.15. The minimum absolute atomic E-state index is 0. The Hall–Kier alpha value is -1.98. The molecule has 0 aromatic heterocycles. The van der Waals surface area contributed by atoms with Gasteiger partial charge in [-0.1, -0.05) is 47.5 Å². The third kappa shape index (κ3) is 7.89. The smallest absolute Gasteiger partial charge is 0.161 e. The van der Waals surface area contributed by atoms with Crippen LogP contribution in [0.25, 0.3) is 0 Å². The first-order valence-electron chi connectivity index (χ1n) is 9.82. The maximum Gasteiger partial charge on any atom is 0.161 e. The second-order valence-electron chi connectivity index (χ2n) is 6.79. The molecular weight excluding hydrogens is 460 g/mol. The van der Waals surface area contributed by atoms with E-state index in [0.29, 0.717) is 41.3 Å². The van der Waals surface area contributed by atoms with Gasteiger partial charge in [0.2, 0.25) is 0 Å². The van der Waals surface area contributed by atoms with Gasteiger partial charge in [0.25, 0.3) is 0 Å². The second-order valence-corrected chi connectivity index (χ2v) is 7.64. The van der Waals surface area contributed by atoms with Crippen molar-refractivity contribution < 1.29 is 13.9 Å². The highest BCUT2D eigenvalue weighted by Gasteiger charge is 2.09. The van der Waals surface area contributed by atoms with Gasteiger partial charge in [0.05, 0.1) is 6.61 Å². The number of ether oxygens (including phenoxy) is 2. The Morgan fingerprint density at radius 3 is 2.32 bits per heavy atom. The molecule has 1 N–H and O–H groups in total. The van der Waals surface area contributed by atoms with Gasteiger partial charge in [0.15, 0.2) is 11.5 Å². The van der Waals surface area contributed by atoms with Crippen LogP contribution in [0.2, 0.25) is 10.0 Å².